The Bertz CT molecular complexity index is 224. The molecule has 0 saturated heterocycles. The maximum absolute atomic E-state index is 11.0. The first-order valence-electron chi connectivity index (χ1n) is 6.56. The lowest BCUT2D eigenvalue weighted by Gasteiger charge is -2.39. The molecule has 0 heterocycles. The van der Waals surface area contributed by atoms with Gasteiger partial charge in [-0.2, -0.15) is 0 Å². The summed E-state index contributed by atoms with van der Waals surface area (Å²) in [4.78, 5) is 13.4. The van der Waals surface area contributed by atoms with E-state index in [1.807, 2.05) is 6.92 Å². The fourth-order valence-electron chi connectivity index (χ4n) is 2.78. The van der Waals surface area contributed by atoms with Crippen LogP contribution in [0.15, 0.2) is 0 Å². The van der Waals surface area contributed by atoms with Gasteiger partial charge in [-0.15, -0.1) is 0 Å². The molecule has 1 aliphatic carbocycles. The molecule has 1 saturated carbocycles. The number of carboxylic acid groups (broad SMARTS) is 1. The van der Waals surface area contributed by atoms with Gasteiger partial charge in [0.2, 0.25) is 0 Å². The summed E-state index contributed by atoms with van der Waals surface area (Å²) in [6.07, 6.45) is 6.43. The fourth-order valence-corrected chi connectivity index (χ4v) is 2.78. The van der Waals surface area contributed by atoms with Gasteiger partial charge in [0.25, 0.3) is 0 Å². The molecule has 16 heavy (non-hydrogen) atoms. The molecule has 0 aliphatic heterocycles. The van der Waals surface area contributed by atoms with Crippen LogP contribution in [0, 0.1) is 5.92 Å². The average Bonchev–Trinajstić information content (AvgIpc) is 2.30. The van der Waals surface area contributed by atoms with Gasteiger partial charge in [-0.25, -0.2) is 0 Å². The molecule has 1 fully saturated rings. The number of carboxylic acids is 1. The van der Waals surface area contributed by atoms with Crippen molar-refractivity contribution in [3.05, 3.63) is 0 Å². The molecule has 1 aliphatic rings. The lowest BCUT2D eigenvalue weighted by atomic mass is 9.91. The minimum Gasteiger partial charge on any atom is -0.481 e. The third-order valence-corrected chi connectivity index (χ3v) is 4.05. The van der Waals surface area contributed by atoms with E-state index in [1.54, 1.807) is 0 Å². The first-order chi connectivity index (χ1) is 7.57. The zero-order valence-electron chi connectivity index (χ0n) is 10.8. The SMILES string of the molecule is CCN(C1CCCCC1)C(C)C(C)C(=O)O. The van der Waals surface area contributed by atoms with Gasteiger partial charge in [0.05, 0.1) is 5.92 Å². The molecule has 0 spiro atoms. The van der Waals surface area contributed by atoms with Crippen LogP contribution in [0.4, 0.5) is 0 Å². The molecule has 0 bridgehead atoms. The molecule has 0 radical (unpaired) electrons. The zero-order chi connectivity index (χ0) is 12.1. The molecule has 0 aromatic heterocycles. The summed E-state index contributed by atoms with van der Waals surface area (Å²) in [6.45, 7) is 6.97. The van der Waals surface area contributed by atoms with Crippen molar-refractivity contribution in [1.29, 1.82) is 0 Å². The second-order valence-electron chi connectivity index (χ2n) is 4.99. The quantitative estimate of drug-likeness (QED) is 0.785. The van der Waals surface area contributed by atoms with E-state index in [9.17, 15) is 4.79 Å². The normalized spacial score (nSPS) is 22.0. The van der Waals surface area contributed by atoms with Crippen molar-refractivity contribution < 1.29 is 9.90 Å². The molecular weight excluding hydrogens is 202 g/mol. The van der Waals surface area contributed by atoms with Crippen LogP contribution in [-0.4, -0.2) is 34.6 Å². The lowest BCUT2D eigenvalue weighted by Crippen LogP contribution is -2.47. The maximum atomic E-state index is 11.0. The van der Waals surface area contributed by atoms with Crippen LogP contribution in [0.5, 0.6) is 0 Å². The molecular formula is C13H25NO2. The summed E-state index contributed by atoms with van der Waals surface area (Å²) in [5.41, 5.74) is 0. The van der Waals surface area contributed by atoms with E-state index in [0.29, 0.717) is 6.04 Å². The van der Waals surface area contributed by atoms with Crippen LogP contribution >= 0.6 is 0 Å². The monoisotopic (exact) mass is 227 g/mol. The second kappa shape index (κ2) is 6.24. The predicted molar refractivity (Wildman–Crippen MR) is 65.5 cm³/mol. The van der Waals surface area contributed by atoms with Gasteiger partial charge < -0.3 is 5.11 Å². The molecule has 3 heteroatoms. The zero-order valence-corrected chi connectivity index (χ0v) is 10.8. The first-order valence-corrected chi connectivity index (χ1v) is 6.56. The van der Waals surface area contributed by atoms with Gasteiger partial charge in [-0.3, -0.25) is 9.69 Å². The van der Waals surface area contributed by atoms with E-state index in [1.165, 1.54) is 32.1 Å². The van der Waals surface area contributed by atoms with E-state index in [2.05, 4.69) is 18.7 Å². The highest BCUT2D eigenvalue weighted by Crippen LogP contribution is 2.26. The van der Waals surface area contributed by atoms with Crippen LogP contribution in [-0.2, 0) is 4.79 Å². The third kappa shape index (κ3) is 3.21. The maximum Gasteiger partial charge on any atom is 0.307 e. The van der Waals surface area contributed by atoms with Gasteiger partial charge in [0.1, 0.15) is 0 Å². The highest BCUT2D eigenvalue weighted by molar-refractivity contribution is 5.70. The van der Waals surface area contributed by atoms with Crippen molar-refractivity contribution in [2.45, 2.75) is 65.0 Å². The van der Waals surface area contributed by atoms with Gasteiger partial charge in [-0.1, -0.05) is 33.1 Å². The summed E-state index contributed by atoms with van der Waals surface area (Å²) in [5, 5.41) is 9.07. The van der Waals surface area contributed by atoms with Crippen molar-refractivity contribution in [2.24, 2.45) is 5.92 Å². The molecule has 1 N–H and O–H groups in total. The van der Waals surface area contributed by atoms with Crippen LogP contribution in [0.25, 0.3) is 0 Å². The Morgan fingerprint density at radius 1 is 1.31 bits per heavy atom. The molecule has 0 amide bonds. The van der Waals surface area contributed by atoms with E-state index in [4.69, 9.17) is 5.11 Å². The molecule has 94 valence electrons. The number of carbonyl (C=O) groups is 1. The number of rotatable bonds is 5. The number of hydrogen-bond acceptors (Lipinski definition) is 2. The smallest absolute Gasteiger partial charge is 0.307 e. The minimum atomic E-state index is -0.679. The van der Waals surface area contributed by atoms with Crippen LogP contribution in [0.3, 0.4) is 0 Å². The fraction of sp³-hybridized carbons (Fsp3) is 0.923. The summed E-state index contributed by atoms with van der Waals surface area (Å²) in [6, 6.07) is 0.751. The Balaban J connectivity index is 2.60. The van der Waals surface area contributed by atoms with E-state index < -0.39 is 5.97 Å². The standard InChI is InChI=1S/C13H25NO2/c1-4-14(11(3)10(2)13(15)16)12-8-6-5-7-9-12/h10-12H,4-9H2,1-3H3,(H,15,16). The van der Waals surface area contributed by atoms with Gasteiger partial charge in [0, 0.05) is 12.1 Å². The van der Waals surface area contributed by atoms with E-state index >= 15 is 0 Å². The van der Waals surface area contributed by atoms with Crippen molar-refractivity contribution in [2.75, 3.05) is 6.54 Å². The summed E-state index contributed by atoms with van der Waals surface area (Å²) < 4.78 is 0. The predicted octanol–water partition coefficient (Wildman–Crippen LogP) is 2.75. The van der Waals surface area contributed by atoms with Crippen LogP contribution < -0.4 is 0 Å². The van der Waals surface area contributed by atoms with Crippen molar-refractivity contribution in [3.8, 4) is 0 Å². The lowest BCUT2D eigenvalue weighted by molar-refractivity contribution is -0.143. The van der Waals surface area contributed by atoms with Gasteiger partial charge >= 0.3 is 5.97 Å². The molecule has 0 aromatic carbocycles. The highest BCUT2D eigenvalue weighted by Gasteiger charge is 2.29. The Labute approximate surface area is 98.8 Å². The van der Waals surface area contributed by atoms with Crippen molar-refractivity contribution >= 4 is 5.97 Å². The van der Waals surface area contributed by atoms with Gasteiger partial charge in [-0.05, 0) is 26.3 Å². The number of hydrogen-bond donors (Lipinski definition) is 1. The Hall–Kier alpha value is -0.570. The highest BCUT2D eigenvalue weighted by atomic mass is 16.4. The summed E-state index contributed by atoms with van der Waals surface area (Å²) in [5.74, 6) is -0.955. The van der Waals surface area contributed by atoms with Crippen molar-refractivity contribution in [3.63, 3.8) is 0 Å². The Morgan fingerprint density at radius 3 is 2.31 bits per heavy atom. The molecule has 2 unspecified atom stereocenters. The third-order valence-electron chi connectivity index (χ3n) is 4.05. The topological polar surface area (TPSA) is 40.5 Å². The van der Waals surface area contributed by atoms with E-state index in [-0.39, 0.29) is 12.0 Å². The number of nitrogens with zero attached hydrogens (tertiary/aromatic N) is 1. The molecule has 0 aromatic rings. The Morgan fingerprint density at radius 2 is 1.88 bits per heavy atom. The van der Waals surface area contributed by atoms with Gasteiger partial charge in [0.15, 0.2) is 0 Å². The minimum absolute atomic E-state index is 0.144. The second-order valence-corrected chi connectivity index (χ2v) is 4.99. The molecule has 1 rings (SSSR count). The average molecular weight is 227 g/mol. The van der Waals surface area contributed by atoms with Crippen LogP contribution in [0.2, 0.25) is 0 Å². The van der Waals surface area contributed by atoms with Crippen molar-refractivity contribution in [1.82, 2.24) is 4.90 Å². The van der Waals surface area contributed by atoms with Crippen LogP contribution in [0.1, 0.15) is 52.9 Å². The number of aliphatic carboxylic acids is 1. The molecule has 2 atom stereocenters. The Kier molecular flexibility index (Phi) is 5.26. The largest absolute Gasteiger partial charge is 0.481 e. The van der Waals surface area contributed by atoms with E-state index in [0.717, 1.165) is 6.54 Å². The first kappa shape index (κ1) is 13.5. The summed E-state index contributed by atoms with van der Waals surface area (Å²) >= 11 is 0. The molecule has 3 nitrogen and oxygen atoms in total. The summed E-state index contributed by atoms with van der Waals surface area (Å²) in [7, 11) is 0.